The van der Waals surface area contributed by atoms with Crippen LogP contribution in [0.5, 0.6) is 0 Å². The summed E-state index contributed by atoms with van der Waals surface area (Å²) < 4.78 is 15.8. The second-order valence-corrected chi connectivity index (χ2v) is 7.12. The fourth-order valence-electron chi connectivity index (χ4n) is 2.65. The average molecular weight is 403 g/mol. The van der Waals surface area contributed by atoms with Crippen LogP contribution in [-0.4, -0.2) is 49.7 Å². The molecule has 0 spiro atoms. The van der Waals surface area contributed by atoms with Crippen molar-refractivity contribution in [2.75, 3.05) is 20.3 Å². The van der Waals surface area contributed by atoms with Crippen molar-refractivity contribution in [2.24, 2.45) is 10.2 Å². The SMILES string of the molecule is COC(=O)/C=C1/S/C(=N\N=Cc2ccccc2COCC2CCCO2)NC1=O. The molecule has 1 amide bonds. The number of rotatable bonds is 7. The van der Waals surface area contributed by atoms with Gasteiger partial charge in [0.2, 0.25) is 0 Å². The van der Waals surface area contributed by atoms with Crippen LogP contribution in [0.25, 0.3) is 0 Å². The lowest BCUT2D eigenvalue weighted by Crippen LogP contribution is -2.19. The highest BCUT2D eigenvalue weighted by molar-refractivity contribution is 8.18. The van der Waals surface area contributed by atoms with Crippen LogP contribution in [-0.2, 0) is 30.4 Å². The van der Waals surface area contributed by atoms with Gasteiger partial charge in [0.05, 0.1) is 37.5 Å². The molecule has 1 aromatic carbocycles. The molecule has 2 aliphatic rings. The Morgan fingerprint density at radius 1 is 1.43 bits per heavy atom. The van der Waals surface area contributed by atoms with E-state index in [9.17, 15) is 9.59 Å². The number of nitrogens with one attached hydrogen (secondary N) is 1. The van der Waals surface area contributed by atoms with Crippen LogP contribution in [0, 0.1) is 0 Å². The van der Waals surface area contributed by atoms with E-state index in [0.29, 0.717) is 18.4 Å². The van der Waals surface area contributed by atoms with Crippen molar-refractivity contribution in [3.05, 3.63) is 46.4 Å². The van der Waals surface area contributed by atoms with Gasteiger partial charge in [0, 0.05) is 18.2 Å². The van der Waals surface area contributed by atoms with E-state index in [2.05, 4.69) is 20.3 Å². The number of esters is 1. The van der Waals surface area contributed by atoms with Crippen molar-refractivity contribution in [3.8, 4) is 0 Å². The molecule has 2 saturated heterocycles. The number of hydrogen-bond donors (Lipinski definition) is 1. The molecule has 1 aromatic rings. The van der Waals surface area contributed by atoms with E-state index in [4.69, 9.17) is 9.47 Å². The molecule has 9 heteroatoms. The van der Waals surface area contributed by atoms with E-state index < -0.39 is 11.9 Å². The Hall–Kier alpha value is -2.49. The molecule has 0 aromatic heterocycles. The minimum absolute atomic E-state index is 0.183. The van der Waals surface area contributed by atoms with E-state index >= 15 is 0 Å². The number of amides is 1. The van der Waals surface area contributed by atoms with Crippen LogP contribution in [0.2, 0.25) is 0 Å². The summed E-state index contributed by atoms with van der Waals surface area (Å²) in [6.07, 6.45) is 5.03. The molecule has 28 heavy (non-hydrogen) atoms. The quantitative estimate of drug-likeness (QED) is 0.324. The van der Waals surface area contributed by atoms with E-state index in [1.54, 1.807) is 6.21 Å². The number of methoxy groups -OCH3 is 1. The van der Waals surface area contributed by atoms with E-state index in [-0.39, 0.29) is 11.0 Å². The Balaban J connectivity index is 1.58. The number of benzene rings is 1. The van der Waals surface area contributed by atoms with Crippen LogP contribution in [0.3, 0.4) is 0 Å². The monoisotopic (exact) mass is 403 g/mol. The van der Waals surface area contributed by atoms with Gasteiger partial charge >= 0.3 is 5.97 Å². The Kier molecular flexibility index (Phi) is 7.35. The van der Waals surface area contributed by atoms with Crippen LogP contribution in [0.1, 0.15) is 24.0 Å². The maximum absolute atomic E-state index is 11.8. The number of hydrogen-bond acceptors (Lipinski definition) is 8. The van der Waals surface area contributed by atoms with Gasteiger partial charge in [0.1, 0.15) is 0 Å². The van der Waals surface area contributed by atoms with Crippen molar-refractivity contribution in [2.45, 2.75) is 25.6 Å². The summed E-state index contributed by atoms with van der Waals surface area (Å²) in [5.41, 5.74) is 1.86. The molecule has 3 rings (SSSR count). The fraction of sp³-hybridized carbons (Fsp3) is 0.368. The van der Waals surface area contributed by atoms with E-state index in [1.165, 1.54) is 7.11 Å². The smallest absolute Gasteiger partial charge is 0.331 e. The number of carbonyl (C=O) groups excluding carboxylic acids is 2. The van der Waals surface area contributed by atoms with Crippen LogP contribution < -0.4 is 5.32 Å². The minimum atomic E-state index is -0.598. The lowest BCUT2D eigenvalue weighted by atomic mass is 10.1. The lowest BCUT2D eigenvalue weighted by molar-refractivity contribution is -0.135. The molecule has 0 radical (unpaired) electrons. The maximum atomic E-state index is 11.8. The van der Waals surface area contributed by atoms with Gasteiger partial charge in [0.15, 0.2) is 5.17 Å². The van der Waals surface area contributed by atoms with Crippen molar-refractivity contribution in [1.82, 2.24) is 5.32 Å². The molecular formula is C19H21N3O5S. The molecular weight excluding hydrogens is 382 g/mol. The first-order valence-electron chi connectivity index (χ1n) is 8.83. The topological polar surface area (TPSA) is 98.6 Å². The summed E-state index contributed by atoms with van der Waals surface area (Å²) in [5.74, 6) is -1.01. The van der Waals surface area contributed by atoms with Crippen LogP contribution >= 0.6 is 11.8 Å². The third-order valence-electron chi connectivity index (χ3n) is 4.09. The number of amidine groups is 1. The first-order valence-corrected chi connectivity index (χ1v) is 9.64. The summed E-state index contributed by atoms with van der Waals surface area (Å²) in [4.78, 5) is 23.2. The van der Waals surface area contributed by atoms with Gasteiger partial charge in [0.25, 0.3) is 5.91 Å². The van der Waals surface area contributed by atoms with Gasteiger partial charge in [-0.05, 0) is 30.2 Å². The van der Waals surface area contributed by atoms with E-state index in [0.717, 1.165) is 48.4 Å². The van der Waals surface area contributed by atoms with Gasteiger partial charge in [-0.15, -0.1) is 5.10 Å². The zero-order valence-corrected chi connectivity index (χ0v) is 16.2. The number of thioether (sulfide) groups is 1. The zero-order chi connectivity index (χ0) is 19.8. The predicted octanol–water partition coefficient (Wildman–Crippen LogP) is 1.99. The highest BCUT2D eigenvalue weighted by atomic mass is 32.2. The normalized spacial score (nSPS) is 22.3. The Morgan fingerprint density at radius 2 is 2.29 bits per heavy atom. The summed E-state index contributed by atoms with van der Waals surface area (Å²) >= 11 is 1.03. The van der Waals surface area contributed by atoms with Gasteiger partial charge < -0.3 is 14.2 Å². The minimum Gasteiger partial charge on any atom is -0.466 e. The molecule has 0 saturated carbocycles. The van der Waals surface area contributed by atoms with Gasteiger partial charge in [-0.25, -0.2) is 4.79 Å². The standard InChI is InChI=1S/C19H21N3O5S/c1-25-17(23)9-16-18(24)21-19(28-16)22-20-10-13-5-2-3-6-14(13)11-26-12-15-7-4-8-27-15/h2-3,5-6,9-10,15H,4,7-8,11-12H2,1H3,(H,21,22,24)/b16-9+,20-10?. The van der Waals surface area contributed by atoms with Gasteiger partial charge in [-0.2, -0.15) is 5.10 Å². The van der Waals surface area contributed by atoms with E-state index in [1.807, 2.05) is 24.3 Å². The Morgan fingerprint density at radius 3 is 3.07 bits per heavy atom. The van der Waals surface area contributed by atoms with Crippen LogP contribution in [0.4, 0.5) is 0 Å². The molecule has 1 N–H and O–H groups in total. The maximum Gasteiger partial charge on any atom is 0.331 e. The third-order valence-corrected chi connectivity index (χ3v) is 4.99. The molecule has 2 fully saturated rings. The molecule has 148 valence electrons. The van der Waals surface area contributed by atoms with Crippen molar-refractivity contribution in [3.63, 3.8) is 0 Å². The molecule has 1 unspecified atom stereocenters. The van der Waals surface area contributed by atoms with Crippen molar-refractivity contribution < 1.29 is 23.8 Å². The molecule has 1 atom stereocenters. The summed E-state index contributed by atoms with van der Waals surface area (Å²) in [5, 5.41) is 10.9. The summed E-state index contributed by atoms with van der Waals surface area (Å²) in [6.45, 7) is 1.84. The van der Waals surface area contributed by atoms with Crippen LogP contribution in [0.15, 0.2) is 45.4 Å². The third kappa shape index (κ3) is 5.75. The Labute approximate surface area is 167 Å². The lowest BCUT2D eigenvalue weighted by Gasteiger charge is -2.11. The number of nitrogens with zero attached hydrogens (tertiary/aromatic N) is 2. The first kappa shape index (κ1) is 20.2. The largest absolute Gasteiger partial charge is 0.466 e. The second kappa shape index (κ2) is 10.2. The van der Waals surface area contributed by atoms with Gasteiger partial charge in [-0.3, -0.25) is 10.1 Å². The molecule has 2 heterocycles. The Bertz CT molecular complexity index is 816. The summed E-state index contributed by atoms with van der Waals surface area (Å²) in [7, 11) is 1.25. The molecule has 0 bridgehead atoms. The van der Waals surface area contributed by atoms with Crippen molar-refractivity contribution >= 4 is 35.0 Å². The predicted molar refractivity (Wildman–Crippen MR) is 106 cm³/mol. The first-order chi connectivity index (χ1) is 13.7. The number of carbonyl (C=O) groups is 2. The highest BCUT2D eigenvalue weighted by Crippen LogP contribution is 2.23. The van der Waals surface area contributed by atoms with Crippen molar-refractivity contribution in [1.29, 1.82) is 0 Å². The summed E-state index contributed by atoms with van der Waals surface area (Å²) in [6, 6.07) is 7.72. The molecule has 8 nitrogen and oxygen atoms in total. The zero-order valence-electron chi connectivity index (χ0n) is 15.4. The fourth-order valence-corrected chi connectivity index (χ4v) is 3.39. The molecule has 2 aliphatic heterocycles. The highest BCUT2D eigenvalue weighted by Gasteiger charge is 2.25. The molecule has 0 aliphatic carbocycles. The van der Waals surface area contributed by atoms with Gasteiger partial charge in [-0.1, -0.05) is 24.3 Å². The average Bonchev–Trinajstić information content (AvgIpc) is 3.33. The second-order valence-electron chi connectivity index (χ2n) is 6.09. The number of ether oxygens (including phenoxy) is 3.